The van der Waals surface area contributed by atoms with E-state index in [1.54, 1.807) is 24.3 Å². The average Bonchev–Trinajstić information content (AvgIpc) is 3.49. The SMILES string of the molecule is COc1ccc(S(=O)(=O)N(C)CC(=O)Nc2ccc(C3(C#N)CC3)cc2)cc1. The highest BCUT2D eigenvalue weighted by Crippen LogP contribution is 2.47. The second kappa shape index (κ2) is 7.62. The molecule has 28 heavy (non-hydrogen) atoms. The molecule has 1 aliphatic carbocycles. The first-order valence-corrected chi connectivity index (χ1v) is 10.2. The van der Waals surface area contributed by atoms with Crippen LogP contribution in [0.15, 0.2) is 53.4 Å². The van der Waals surface area contributed by atoms with Gasteiger partial charge < -0.3 is 10.1 Å². The van der Waals surface area contributed by atoms with Crippen molar-refractivity contribution in [3.8, 4) is 11.8 Å². The van der Waals surface area contributed by atoms with Crippen molar-refractivity contribution >= 4 is 21.6 Å². The highest BCUT2D eigenvalue weighted by atomic mass is 32.2. The van der Waals surface area contributed by atoms with E-state index in [4.69, 9.17) is 4.74 Å². The number of hydrogen-bond donors (Lipinski definition) is 1. The summed E-state index contributed by atoms with van der Waals surface area (Å²) in [6.07, 6.45) is 1.70. The summed E-state index contributed by atoms with van der Waals surface area (Å²) >= 11 is 0. The molecular weight excluding hydrogens is 378 g/mol. The minimum absolute atomic E-state index is 0.0826. The molecule has 0 aromatic heterocycles. The Morgan fingerprint density at radius 2 is 1.79 bits per heavy atom. The van der Waals surface area contributed by atoms with Gasteiger partial charge in [0, 0.05) is 12.7 Å². The van der Waals surface area contributed by atoms with Crippen LogP contribution in [-0.4, -0.2) is 39.3 Å². The highest BCUT2D eigenvalue weighted by molar-refractivity contribution is 7.89. The van der Waals surface area contributed by atoms with E-state index < -0.39 is 15.9 Å². The largest absolute Gasteiger partial charge is 0.497 e. The summed E-state index contributed by atoms with van der Waals surface area (Å²) in [6.45, 7) is -0.321. The second-order valence-corrected chi connectivity index (χ2v) is 8.80. The van der Waals surface area contributed by atoms with Crippen LogP contribution in [-0.2, 0) is 20.2 Å². The number of sulfonamides is 1. The van der Waals surface area contributed by atoms with Gasteiger partial charge in [-0.3, -0.25) is 4.79 Å². The lowest BCUT2D eigenvalue weighted by Gasteiger charge is -2.17. The van der Waals surface area contributed by atoms with E-state index in [1.165, 1.54) is 26.3 Å². The van der Waals surface area contributed by atoms with Crippen LogP contribution >= 0.6 is 0 Å². The van der Waals surface area contributed by atoms with E-state index in [-0.39, 0.29) is 16.9 Å². The van der Waals surface area contributed by atoms with Gasteiger partial charge >= 0.3 is 0 Å². The number of methoxy groups -OCH3 is 1. The smallest absolute Gasteiger partial charge is 0.243 e. The number of carbonyl (C=O) groups excluding carboxylic acids is 1. The van der Waals surface area contributed by atoms with E-state index in [2.05, 4.69) is 11.4 Å². The number of carbonyl (C=O) groups is 1. The number of amides is 1. The Hall–Kier alpha value is -2.89. The summed E-state index contributed by atoms with van der Waals surface area (Å²) < 4.78 is 31.2. The number of hydrogen-bond acceptors (Lipinski definition) is 5. The predicted octanol–water partition coefficient (Wildman–Crippen LogP) is 2.51. The van der Waals surface area contributed by atoms with E-state index in [1.807, 2.05) is 12.1 Å². The number of benzene rings is 2. The predicted molar refractivity (Wildman–Crippen MR) is 104 cm³/mol. The molecule has 0 aliphatic heterocycles. The van der Waals surface area contributed by atoms with Crippen LogP contribution in [0.1, 0.15) is 18.4 Å². The van der Waals surface area contributed by atoms with Gasteiger partial charge in [0.25, 0.3) is 0 Å². The second-order valence-electron chi connectivity index (χ2n) is 6.76. The molecule has 0 atom stereocenters. The van der Waals surface area contributed by atoms with Gasteiger partial charge in [0.15, 0.2) is 0 Å². The van der Waals surface area contributed by atoms with E-state index >= 15 is 0 Å². The van der Waals surface area contributed by atoms with Crippen LogP contribution in [0.3, 0.4) is 0 Å². The number of nitrogens with zero attached hydrogens (tertiary/aromatic N) is 2. The third kappa shape index (κ3) is 4.01. The van der Waals surface area contributed by atoms with Gasteiger partial charge in [-0.05, 0) is 54.8 Å². The van der Waals surface area contributed by atoms with E-state index in [0.717, 1.165) is 22.7 Å². The maximum absolute atomic E-state index is 12.6. The van der Waals surface area contributed by atoms with Crippen molar-refractivity contribution in [2.45, 2.75) is 23.2 Å². The number of nitrogens with one attached hydrogen (secondary N) is 1. The quantitative estimate of drug-likeness (QED) is 0.771. The van der Waals surface area contributed by atoms with Gasteiger partial charge in [0.1, 0.15) is 5.75 Å². The van der Waals surface area contributed by atoms with Gasteiger partial charge in [0.2, 0.25) is 15.9 Å². The Bertz CT molecular complexity index is 1000. The lowest BCUT2D eigenvalue weighted by atomic mass is 9.98. The van der Waals surface area contributed by atoms with Crippen molar-refractivity contribution in [3.63, 3.8) is 0 Å². The number of anilines is 1. The highest BCUT2D eigenvalue weighted by Gasteiger charge is 2.44. The van der Waals surface area contributed by atoms with Crippen molar-refractivity contribution in [2.24, 2.45) is 0 Å². The molecule has 2 aromatic rings. The average molecular weight is 399 g/mol. The van der Waals surface area contributed by atoms with Gasteiger partial charge in [-0.2, -0.15) is 9.57 Å². The molecule has 0 saturated heterocycles. The Labute approximate surface area is 164 Å². The van der Waals surface area contributed by atoms with Crippen LogP contribution in [0.25, 0.3) is 0 Å². The van der Waals surface area contributed by atoms with E-state index in [9.17, 15) is 18.5 Å². The minimum Gasteiger partial charge on any atom is -0.497 e. The van der Waals surface area contributed by atoms with Crippen molar-refractivity contribution < 1.29 is 17.9 Å². The summed E-state index contributed by atoms with van der Waals surface area (Å²) in [7, 11) is -0.941. The zero-order chi connectivity index (χ0) is 20.4. The Balaban J connectivity index is 1.62. The van der Waals surface area contributed by atoms with Crippen molar-refractivity contribution in [2.75, 3.05) is 26.0 Å². The summed E-state index contributed by atoms with van der Waals surface area (Å²) in [5.41, 5.74) is 1.11. The lowest BCUT2D eigenvalue weighted by Crippen LogP contribution is -2.34. The van der Waals surface area contributed by atoms with Crippen LogP contribution in [0.2, 0.25) is 0 Å². The molecule has 8 heteroatoms. The Morgan fingerprint density at radius 3 is 2.29 bits per heavy atom. The fraction of sp³-hybridized carbons (Fsp3) is 0.300. The first-order valence-electron chi connectivity index (χ1n) is 8.73. The molecular formula is C20H21N3O4S. The van der Waals surface area contributed by atoms with Crippen LogP contribution < -0.4 is 10.1 Å². The molecule has 1 amide bonds. The fourth-order valence-electron chi connectivity index (χ4n) is 2.88. The molecule has 1 saturated carbocycles. The van der Waals surface area contributed by atoms with Crippen LogP contribution in [0, 0.1) is 11.3 Å². The lowest BCUT2D eigenvalue weighted by molar-refractivity contribution is -0.116. The molecule has 0 heterocycles. The third-order valence-corrected chi connectivity index (χ3v) is 6.64. The minimum atomic E-state index is -3.79. The molecule has 7 nitrogen and oxygen atoms in total. The van der Waals surface area contributed by atoms with Gasteiger partial charge in [0.05, 0.1) is 30.0 Å². The van der Waals surface area contributed by atoms with Crippen LogP contribution in [0.4, 0.5) is 5.69 Å². The maximum Gasteiger partial charge on any atom is 0.243 e. The normalized spacial score (nSPS) is 14.9. The van der Waals surface area contributed by atoms with Gasteiger partial charge in [-0.25, -0.2) is 8.42 Å². The van der Waals surface area contributed by atoms with Gasteiger partial charge in [-0.1, -0.05) is 12.1 Å². The van der Waals surface area contributed by atoms with Crippen LogP contribution in [0.5, 0.6) is 5.75 Å². The molecule has 0 spiro atoms. The summed E-state index contributed by atoms with van der Waals surface area (Å²) in [5, 5.41) is 11.9. The number of ether oxygens (including phenoxy) is 1. The molecule has 0 radical (unpaired) electrons. The molecule has 0 bridgehead atoms. The first kappa shape index (κ1) is 19.9. The van der Waals surface area contributed by atoms with Crippen molar-refractivity contribution in [1.29, 1.82) is 5.26 Å². The molecule has 1 N–H and O–H groups in total. The maximum atomic E-state index is 12.6. The summed E-state index contributed by atoms with van der Waals surface area (Å²) in [6, 6.07) is 15.4. The Kier molecular flexibility index (Phi) is 5.40. The number of likely N-dealkylation sites (N-methyl/N-ethyl adjacent to an activating group) is 1. The zero-order valence-electron chi connectivity index (χ0n) is 15.7. The standard InChI is InChI=1S/C20H21N3O4S/c1-23(28(25,26)18-9-7-17(27-2)8-10-18)13-19(24)22-16-5-3-15(4-6-16)20(14-21)11-12-20/h3-10H,11-13H2,1-2H3,(H,22,24). The fourth-order valence-corrected chi connectivity index (χ4v) is 4.01. The molecule has 1 fully saturated rings. The van der Waals surface area contributed by atoms with Gasteiger partial charge in [-0.15, -0.1) is 0 Å². The number of nitriles is 1. The first-order chi connectivity index (χ1) is 13.3. The molecule has 1 aliphatic rings. The topological polar surface area (TPSA) is 99.5 Å². The molecule has 3 rings (SSSR count). The van der Waals surface area contributed by atoms with Crippen molar-refractivity contribution in [1.82, 2.24) is 4.31 Å². The Morgan fingerprint density at radius 1 is 1.18 bits per heavy atom. The van der Waals surface area contributed by atoms with Crippen molar-refractivity contribution in [3.05, 3.63) is 54.1 Å². The zero-order valence-corrected chi connectivity index (χ0v) is 16.5. The molecule has 0 unspecified atom stereocenters. The summed E-state index contributed by atoms with van der Waals surface area (Å²) in [5.74, 6) is 0.0981. The monoisotopic (exact) mass is 399 g/mol. The molecule has 2 aromatic carbocycles. The molecule has 146 valence electrons. The number of rotatable bonds is 7. The third-order valence-electron chi connectivity index (χ3n) is 4.82. The summed E-state index contributed by atoms with van der Waals surface area (Å²) in [4.78, 5) is 12.3. The van der Waals surface area contributed by atoms with E-state index in [0.29, 0.717) is 11.4 Å².